The molecule has 2 aromatic rings. The van der Waals surface area contributed by atoms with Crippen LogP contribution in [0, 0.1) is 12.7 Å². The van der Waals surface area contributed by atoms with Gasteiger partial charge in [0.25, 0.3) is 10.0 Å². The normalized spacial score (nSPS) is 14.2. The van der Waals surface area contributed by atoms with Crippen molar-refractivity contribution in [1.82, 2.24) is 0 Å². The highest BCUT2D eigenvalue weighted by Crippen LogP contribution is 2.37. The maximum atomic E-state index is 13.8. The minimum Gasteiger partial charge on any atom is -0.308 e. The van der Waals surface area contributed by atoms with Crippen molar-refractivity contribution in [2.75, 3.05) is 9.62 Å². The second kappa shape index (κ2) is 6.89. The first-order valence-electron chi connectivity index (χ1n) is 8.07. The van der Waals surface area contributed by atoms with Gasteiger partial charge < -0.3 is 4.90 Å². The van der Waals surface area contributed by atoms with E-state index in [0.29, 0.717) is 16.3 Å². The van der Waals surface area contributed by atoms with Crippen molar-refractivity contribution in [1.29, 1.82) is 0 Å². The van der Waals surface area contributed by atoms with Crippen molar-refractivity contribution >= 4 is 38.9 Å². The summed E-state index contributed by atoms with van der Waals surface area (Å²) in [5.74, 6) is -0.820. The van der Waals surface area contributed by atoms with Crippen molar-refractivity contribution < 1.29 is 17.6 Å². The van der Waals surface area contributed by atoms with Crippen molar-refractivity contribution in [3.63, 3.8) is 0 Å². The third-order valence-electron chi connectivity index (χ3n) is 4.15. The number of rotatable bonds is 5. The molecule has 0 aromatic heterocycles. The number of anilines is 2. The molecule has 1 saturated carbocycles. The number of benzene rings is 2. The second-order valence-corrected chi connectivity index (χ2v) is 8.39. The lowest BCUT2D eigenvalue weighted by Crippen LogP contribution is -2.31. The predicted octanol–water partition coefficient (Wildman–Crippen LogP) is 4.10. The lowest BCUT2D eigenvalue weighted by molar-refractivity contribution is -0.116. The molecule has 0 saturated heterocycles. The van der Waals surface area contributed by atoms with E-state index in [2.05, 4.69) is 4.72 Å². The molecule has 1 aliphatic carbocycles. The van der Waals surface area contributed by atoms with Gasteiger partial charge in [0.15, 0.2) is 0 Å². The van der Waals surface area contributed by atoms with E-state index in [4.69, 9.17) is 11.6 Å². The number of hydrogen-bond acceptors (Lipinski definition) is 3. The molecule has 0 spiro atoms. The smallest absolute Gasteiger partial charge is 0.261 e. The van der Waals surface area contributed by atoms with Crippen LogP contribution in [-0.2, 0) is 14.8 Å². The van der Waals surface area contributed by atoms with E-state index in [-0.39, 0.29) is 22.5 Å². The molecule has 0 atom stereocenters. The van der Waals surface area contributed by atoms with Crippen molar-refractivity contribution in [2.45, 2.75) is 37.6 Å². The van der Waals surface area contributed by atoms with Gasteiger partial charge in [-0.15, -0.1) is 0 Å². The van der Waals surface area contributed by atoms with Gasteiger partial charge in [0.05, 0.1) is 16.3 Å². The van der Waals surface area contributed by atoms with Gasteiger partial charge in [0.2, 0.25) is 5.91 Å². The Balaban J connectivity index is 2.02. The summed E-state index contributed by atoms with van der Waals surface area (Å²) in [6.45, 7) is 3.10. The summed E-state index contributed by atoms with van der Waals surface area (Å²) in [6, 6.07) is 8.02. The Labute approximate surface area is 156 Å². The summed E-state index contributed by atoms with van der Waals surface area (Å²) in [7, 11) is -3.97. The summed E-state index contributed by atoms with van der Waals surface area (Å²) >= 11 is 5.95. The first-order chi connectivity index (χ1) is 12.2. The monoisotopic (exact) mass is 396 g/mol. The van der Waals surface area contributed by atoms with Gasteiger partial charge in [0, 0.05) is 24.1 Å². The van der Waals surface area contributed by atoms with Gasteiger partial charge in [-0.1, -0.05) is 11.6 Å². The highest BCUT2D eigenvalue weighted by molar-refractivity contribution is 7.92. The molecule has 1 fully saturated rings. The van der Waals surface area contributed by atoms with Crippen molar-refractivity contribution in [3.8, 4) is 0 Å². The fourth-order valence-electron chi connectivity index (χ4n) is 2.74. The van der Waals surface area contributed by atoms with Crippen LogP contribution in [0.4, 0.5) is 15.8 Å². The Kier molecular flexibility index (Phi) is 4.94. The number of nitrogens with one attached hydrogen (secondary N) is 1. The van der Waals surface area contributed by atoms with E-state index in [9.17, 15) is 17.6 Å². The van der Waals surface area contributed by atoms with Gasteiger partial charge in [-0.25, -0.2) is 12.8 Å². The summed E-state index contributed by atoms with van der Waals surface area (Å²) in [5.41, 5.74) is 0.979. The number of amides is 1. The van der Waals surface area contributed by atoms with Crippen LogP contribution in [0.3, 0.4) is 0 Å². The Morgan fingerprint density at radius 2 is 1.92 bits per heavy atom. The topological polar surface area (TPSA) is 66.5 Å². The van der Waals surface area contributed by atoms with Crippen LogP contribution >= 0.6 is 11.6 Å². The van der Waals surface area contributed by atoms with Crippen LogP contribution in [-0.4, -0.2) is 20.4 Å². The molecule has 5 nitrogen and oxygen atoms in total. The highest BCUT2D eigenvalue weighted by Gasteiger charge is 2.34. The standard InChI is InChI=1S/C18H18ClFN2O3S/c1-11-9-15(6-7-16(11)19)26(24,25)21-17-10-13(20)3-8-18(17)22(12(2)23)14-4-5-14/h3,6-10,14,21H,4-5H2,1-2H3. The third-order valence-corrected chi connectivity index (χ3v) is 5.94. The Bertz CT molecular complexity index is 974. The van der Waals surface area contributed by atoms with Gasteiger partial charge in [-0.05, 0) is 55.7 Å². The maximum Gasteiger partial charge on any atom is 0.261 e. The minimum absolute atomic E-state index is 0.00964. The quantitative estimate of drug-likeness (QED) is 0.827. The zero-order valence-corrected chi connectivity index (χ0v) is 15.9. The molecular formula is C18H18ClFN2O3S. The maximum absolute atomic E-state index is 13.8. The van der Waals surface area contributed by atoms with E-state index in [1.807, 2.05) is 0 Å². The number of hydrogen-bond donors (Lipinski definition) is 1. The van der Waals surface area contributed by atoms with Crippen LogP contribution in [0.5, 0.6) is 0 Å². The Morgan fingerprint density at radius 3 is 2.50 bits per heavy atom. The van der Waals surface area contributed by atoms with Crippen LogP contribution in [0.25, 0.3) is 0 Å². The van der Waals surface area contributed by atoms with E-state index >= 15 is 0 Å². The van der Waals surface area contributed by atoms with Crippen molar-refractivity contribution in [3.05, 3.63) is 52.8 Å². The summed E-state index contributed by atoms with van der Waals surface area (Å²) < 4.78 is 41.6. The molecular weight excluding hydrogens is 379 g/mol. The number of sulfonamides is 1. The molecule has 1 amide bonds. The fraction of sp³-hybridized carbons (Fsp3) is 0.278. The summed E-state index contributed by atoms with van der Waals surface area (Å²) in [4.78, 5) is 13.5. The molecule has 26 heavy (non-hydrogen) atoms. The molecule has 138 valence electrons. The molecule has 3 rings (SSSR count). The van der Waals surface area contributed by atoms with Gasteiger partial charge >= 0.3 is 0 Å². The Hall–Kier alpha value is -2.12. The summed E-state index contributed by atoms with van der Waals surface area (Å²) in [6.07, 6.45) is 1.67. The van der Waals surface area contributed by atoms with Crippen LogP contribution < -0.4 is 9.62 Å². The van der Waals surface area contributed by atoms with Gasteiger partial charge in [-0.2, -0.15) is 0 Å². The molecule has 1 aliphatic rings. The molecule has 0 radical (unpaired) electrons. The largest absolute Gasteiger partial charge is 0.308 e. The SMILES string of the molecule is CC(=O)N(c1ccc(F)cc1NS(=O)(=O)c1ccc(Cl)c(C)c1)C1CC1. The second-order valence-electron chi connectivity index (χ2n) is 6.30. The molecule has 0 heterocycles. The first kappa shape index (κ1) is 18.7. The highest BCUT2D eigenvalue weighted by atomic mass is 35.5. The number of carbonyl (C=O) groups is 1. The van der Waals surface area contributed by atoms with E-state index in [1.54, 1.807) is 6.92 Å². The number of carbonyl (C=O) groups excluding carboxylic acids is 1. The zero-order valence-electron chi connectivity index (χ0n) is 14.3. The zero-order chi connectivity index (χ0) is 19.1. The average Bonchev–Trinajstić information content (AvgIpc) is 3.36. The molecule has 8 heteroatoms. The fourth-order valence-corrected chi connectivity index (χ4v) is 4.01. The summed E-state index contributed by atoms with van der Waals surface area (Å²) in [5, 5.41) is 0.451. The van der Waals surface area contributed by atoms with Crippen molar-refractivity contribution in [2.24, 2.45) is 0 Å². The number of aryl methyl sites for hydroxylation is 1. The molecule has 0 bridgehead atoms. The first-order valence-corrected chi connectivity index (χ1v) is 9.93. The third kappa shape index (κ3) is 3.83. The van der Waals surface area contributed by atoms with E-state index < -0.39 is 15.8 Å². The lowest BCUT2D eigenvalue weighted by Gasteiger charge is -2.24. The molecule has 0 aliphatic heterocycles. The van der Waals surface area contributed by atoms with Gasteiger partial charge in [-0.3, -0.25) is 9.52 Å². The average molecular weight is 397 g/mol. The molecule has 1 N–H and O–H groups in total. The molecule has 0 unspecified atom stereocenters. The number of nitrogens with zero attached hydrogens (tertiary/aromatic N) is 1. The Morgan fingerprint density at radius 1 is 1.23 bits per heavy atom. The van der Waals surface area contributed by atoms with E-state index in [0.717, 1.165) is 18.9 Å². The number of halogens is 2. The van der Waals surface area contributed by atoms with Crippen LogP contribution in [0.1, 0.15) is 25.3 Å². The predicted molar refractivity (Wildman–Crippen MR) is 99.6 cm³/mol. The van der Waals surface area contributed by atoms with Crippen LogP contribution in [0.15, 0.2) is 41.3 Å². The van der Waals surface area contributed by atoms with Gasteiger partial charge in [0.1, 0.15) is 5.82 Å². The molecule has 2 aromatic carbocycles. The van der Waals surface area contributed by atoms with Crippen LogP contribution in [0.2, 0.25) is 5.02 Å². The van der Waals surface area contributed by atoms with E-state index in [1.165, 1.54) is 42.2 Å². The minimum atomic E-state index is -3.97. The lowest BCUT2D eigenvalue weighted by atomic mass is 10.2.